The van der Waals surface area contributed by atoms with Crippen LogP contribution in [0.4, 0.5) is 0 Å². The molecular formula is C18H30O2. The van der Waals surface area contributed by atoms with E-state index in [2.05, 4.69) is 31.2 Å². The number of aryl methyl sites for hydroxylation is 1. The Morgan fingerprint density at radius 2 is 1.75 bits per heavy atom. The molecule has 0 aromatic carbocycles. The molecule has 1 heterocycles. The van der Waals surface area contributed by atoms with Gasteiger partial charge in [0.15, 0.2) is 0 Å². The number of furan rings is 1. The van der Waals surface area contributed by atoms with Gasteiger partial charge in [-0.1, -0.05) is 51.5 Å². The maximum atomic E-state index is 8.69. The molecule has 20 heavy (non-hydrogen) atoms. The van der Waals surface area contributed by atoms with E-state index in [1.807, 2.05) is 0 Å². The fraction of sp³-hybridized carbons (Fsp3) is 0.667. The molecule has 2 nitrogen and oxygen atoms in total. The molecular weight excluding hydrogens is 248 g/mol. The quantitative estimate of drug-likeness (QED) is 0.522. The molecule has 1 N–H and O–H groups in total. The van der Waals surface area contributed by atoms with Gasteiger partial charge in [0.2, 0.25) is 0 Å². The fourth-order valence-electron chi connectivity index (χ4n) is 2.26. The third-order valence-corrected chi connectivity index (χ3v) is 3.52. The average Bonchev–Trinajstić information content (AvgIpc) is 2.90. The molecule has 0 radical (unpaired) electrons. The second-order valence-electron chi connectivity index (χ2n) is 5.44. The van der Waals surface area contributed by atoms with Crippen molar-refractivity contribution in [2.45, 2.75) is 71.1 Å². The van der Waals surface area contributed by atoms with E-state index in [4.69, 9.17) is 9.52 Å². The molecule has 114 valence electrons. The van der Waals surface area contributed by atoms with Gasteiger partial charge in [-0.15, -0.1) is 0 Å². The molecule has 1 aromatic rings. The van der Waals surface area contributed by atoms with Crippen LogP contribution in [0.25, 0.3) is 6.08 Å². The number of unbranched alkanes of at least 4 members (excludes halogenated alkanes) is 7. The summed E-state index contributed by atoms with van der Waals surface area (Å²) in [5, 5.41) is 8.69. The highest BCUT2D eigenvalue weighted by Gasteiger charge is 1.99. The average molecular weight is 278 g/mol. The third-order valence-electron chi connectivity index (χ3n) is 3.52. The molecule has 0 aliphatic carbocycles. The first kappa shape index (κ1) is 17.0. The van der Waals surface area contributed by atoms with Crippen molar-refractivity contribution in [1.29, 1.82) is 0 Å². The first-order valence-electron chi connectivity index (χ1n) is 8.23. The molecule has 0 saturated heterocycles. The molecule has 0 saturated carbocycles. The van der Waals surface area contributed by atoms with Crippen molar-refractivity contribution in [2.24, 2.45) is 0 Å². The van der Waals surface area contributed by atoms with Gasteiger partial charge in [0, 0.05) is 13.0 Å². The van der Waals surface area contributed by atoms with E-state index in [-0.39, 0.29) is 0 Å². The summed E-state index contributed by atoms with van der Waals surface area (Å²) in [6, 6.07) is 4.17. The molecule has 0 atom stereocenters. The zero-order valence-electron chi connectivity index (χ0n) is 12.9. The molecule has 1 rings (SSSR count). The van der Waals surface area contributed by atoms with Gasteiger partial charge in [0.1, 0.15) is 11.5 Å². The van der Waals surface area contributed by atoms with Gasteiger partial charge in [-0.05, 0) is 37.5 Å². The molecule has 0 amide bonds. The first-order chi connectivity index (χ1) is 9.86. The zero-order chi connectivity index (χ0) is 14.5. The summed E-state index contributed by atoms with van der Waals surface area (Å²) in [6.45, 7) is 2.55. The summed E-state index contributed by atoms with van der Waals surface area (Å²) in [6.07, 6.45) is 16.0. The van der Waals surface area contributed by atoms with Crippen molar-refractivity contribution in [1.82, 2.24) is 0 Å². The van der Waals surface area contributed by atoms with Gasteiger partial charge in [0.25, 0.3) is 0 Å². The number of hydrogen-bond donors (Lipinski definition) is 1. The molecule has 0 aliphatic rings. The van der Waals surface area contributed by atoms with Crippen molar-refractivity contribution in [3.63, 3.8) is 0 Å². The van der Waals surface area contributed by atoms with Crippen LogP contribution in [0, 0.1) is 0 Å². The van der Waals surface area contributed by atoms with Crippen LogP contribution in [0.1, 0.15) is 76.2 Å². The van der Waals surface area contributed by atoms with Crippen LogP contribution in [0.2, 0.25) is 0 Å². The largest absolute Gasteiger partial charge is 0.462 e. The van der Waals surface area contributed by atoms with E-state index in [0.717, 1.165) is 37.2 Å². The summed E-state index contributed by atoms with van der Waals surface area (Å²) < 4.78 is 5.79. The Morgan fingerprint density at radius 3 is 2.50 bits per heavy atom. The molecule has 1 aromatic heterocycles. The molecule has 0 bridgehead atoms. The fourth-order valence-corrected chi connectivity index (χ4v) is 2.26. The molecule has 0 spiro atoms. The van der Waals surface area contributed by atoms with Gasteiger partial charge in [-0.3, -0.25) is 0 Å². The number of aliphatic hydroxyl groups is 1. The van der Waals surface area contributed by atoms with Crippen LogP contribution in [0.15, 0.2) is 22.6 Å². The normalized spacial score (nSPS) is 11.5. The van der Waals surface area contributed by atoms with Gasteiger partial charge in [-0.25, -0.2) is 0 Å². The molecule has 0 fully saturated rings. The van der Waals surface area contributed by atoms with Gasteiger partial charge < -0.3 is 9.52 Å². The van der Waals surface area contributed by atoms with Gasteiger partial charge in [-0.2, -0.15) is 0 Å². The van der Waals surface area contributed by atoms with E-state index in [9.17, 15) is 0 Å². The smallest absolute Gasteiger partial charge is 0.126 e. The predicted molar refractivity (Wildman–Crippen MR) is 85.8 cm³/mol. The minimum Gasteiger partial charge on any atom is -0.462 e. The number of hydrogen-bond acceptors (Lipinski definition) is 2. The van der Waals surface area contributed by atoms with Crippen molar-refractivity contribution in [2.75, 3.05) is 6.61 Å². The highest BCUT2D eigenvalue weighted by molar-refractivity contribution is 5.42. The Kier molecular flexibility index (Phi) is 10.0. The van der Waals surface area contributed by atoms with E-state index in [1.54, 1.807) is 0 Å². The van der Waals surface area contributed by atoms with Crippen LogP contribution in [-0.2, 0) is 6.42 Å². The zero-order valence-corrected chi connectivity index (χ0v) is 12.9. The van der Waals surface area contributed by atoms with Crippen LogP contribution in [0.3, 0.4) is 0 Å². The predicted octanol–water partition coefficient (Wildman–Crippen LogP) is 5.36. The lowest BCUT2D eigenvalue weighted by atomic mass is 10.1. The second kappa shape index (κ2) is 11.8. The van der Waals surface area contributed by atoms with Crippen LogP contribution in [-0.4, -0.2) is 11.7 Å². The third kappa shape index (κ3) is 8.21. The Balaban J connectivity index is 2.09. The maximum absolute atomic E-state index is 8.69. The van der Waals surface area contributed by atoms with E-state index in [0.29, 0.717) is 6.61 Å². The van der Waals surface area contributed by atoms with Gasteiger partial charge >= 0.3 is 0 Å². The minimum absolute atomic E-state index is 0.334. The molecule has 2 heteroatoms. The Bertz CT molecular complexity index is 352. The standard InChI is InChI=1S/C18H30O2/c1-2-3-4-9-12-17-14-15-18(20-17)13-10-7-5-6-8-11-16-19/h9,12,14-15,19H,2-8,10-11,13,16H2,1H3/b12-9+. The van der Waals surface area contributed by atoms with E-state index in [1.165, 1.54) is 38.5 Å². The lowest BCUT2D eigenvalue weighted by Gasteiger charge is -1.99. The Morgan fingerprint density at radius 1 is 1.00 bits per heavy atom. The topological polar surface area (TPSA) is 33.4 Å². The summed E-state index contributed by atoms with van der Waals surface area (Å²) in [5.74, 6) is 2.09. The van der Waals surface area contributed by atoms with Crippen molar-refractivity contribution < 1.29 is 9.52 Å². The molecule has 0 aliphatic heterocycles. The van der Waals surface area contributed by atoms with Crippen molar-refractivity contribution in [3.05, 3.63) is 29.7 Å². The number of aliphatic hydroxyl groups excluding tert-OH is 1. The molecule has 0 unspecified atom stereocenters. The number of allylic oxidation sites excluding steroid dienone is 1. The summed E-state index contributed by atoms with van der Waals surface area (Å²) in [5.41, 5.74) is 0. The van der Waals surface area contributed by atoms with Crippen LogP contribution >= 0.6 is 0 Å². The Labute approximate surface area is 123 Å². The highest BCUT2D eigenvalue weighted by atomic mass is 16.3. The van der Waals surface area contributed by atoms with E-state index >= 15 is 0 Å². The summed E-state index contributed by atoms with van der Waals surface area (Å²) in [7, 11) is 0. The van der Waals surface area contributed by atoms with Gasteiger partial charge in [0.05, 0.1) is 0 Å². The highest BCUT2D eigenvalue weighted by Crippen LogP contribution is 2.14. The van der Waals surface area contributed by atoms with E-state index < -0.39 is 0 Å². The number of rotatable bonds is 12. The lowest BCUT2D eigenvalue weighted by molar-refractivity contribution is 0.282. The monoisotopic (exact) mass is 278 g/mol. The maximum Gasteiger partial charge on any atom is 0.126 e. The lowest BCUT2D eigenvalue weighted by Crippen LogP contribution is -1.86. The summed E-state index contributed by atoms with van der Waals surface area (Å²) in [4.78, 5) is 0. The second-order valence-corrected chi connectivity index (χ2v) is 5.44. The Hall–Kier alpha value is -1.02. The first-order valence-corrected chi connectivity index (χ1v) is 8.23. The SMILES string of the molecule is CCCC/C=C/c1ccc(CCCCCCCCO)o1. The van der Waals surface area contributed by atoms with Crippen LogP contribution < -0.4 is 0 Å². The van der Waals surface area contributed by atoms with Crippen molar-refractivity contribution >= 4 is 6.08 Å². The summed E-state index contributed by atoms with van der Waals surface area (Å²) >= 11 is 0. The van der Waals surface area contributed by atoms with Crippen molar-refractivity contribution in [3.8, 4) is 0 Å². The minimum atomic E-state index is 0.334. The van der Waals surface area contributed by atoms with Crippen LogP contribution in [0.5, 0.6) is 0 Å².